The molecule has 108 valence electrons. The van der Waals surface area contributed by atoms with E-state index < -0.39 is 11.7 Å². The van der Waals surface area contributed by atoms with E-state index in [0.717, 1.165) is 17.6 Å². The van der Waals surface area contributed by atoms with Crippen LogP contribution in [-0.4, -0.2) is 11.5 Å². The highest BCUT2D eigenvalue weighted by Gasteiger charge is 2.30. The maximum absolute atomic E-state index is 12.6. The van der Waals surface area contributed by atoms with Crippen LogP contribution in [0.2, 0.25) is 0 Å². The van der Waals surface area contributed by atoms with Gasteiger partial charge >= 0.3 is 6.18 Å². The van der Waals surface area contributed by atoms with Crippen molar-refractivity contribution in [1.29, 1.82) is 0 Å². The van der Waals surface area contributed by atoms with Crippen molar-refractivity contribution in [2.75, 3.05) is 11.5 Å². The lowest BCUT2D eigenvalue weighted by Crippen LogP contribution is -2.24. The second-order valence-corrected chi connectivity index (χ2v) is 7.04. The Kier molecular flexibility index (Phi) is 5.68. The fourth-order valence-corrected chi connectivity index (χ4v) is 3.78. The topological polar surface area (TPSA) is 0 Å². The van der Waals surface area contributed by atoms with E-state index in [1.165, 1.54) is 23.9 Å². The average molecular weight is 308 g/mol. The first-order valence-electron chi connectivity index (χ1n) is 6.05. The molecular formula is C14H19F3S2. The van der Waals surface area contributed by atoms with Gasteiger partial charge in [0.05, 0.1) is 5.56 Å². The van der Waals surface area contributed by atoms with E-state index in [-0.39, 0.29) is 5.41 Å². The zero-order valence-electron chi connectivity index (χ0n) is 11.3. The summed E-state index contributed by atoms with van der Waals surface area (Å²) in [5.74, 6) is 1.86. The molecule has 0 aliphatic rings. The minimum absolute atomic E-state index is 0.108. The maximum Gasteiger partial charge on any atom is 0.416 e. The molecule has 0 radical (unpaired) electrons. The number of rotatable bonds is 4. The molecule has 1 atom stereocenters. The summed E-state index contributed by atoms with van der Waals surface area (Å²) in [5, 5.41) is 0. The molecule has 0 aromatic heterocycles. The van der Waals surface area contributed by atoms with Crippen LogP contribution in [0, 0.1) is 11.3 Å². The Labute approximate surface area is 122 Å². The minimum atomic E-state index is -4.27. The predicted molar refractivity (Wildman–Crippen MR) is 79.0 cm³/mol. The molecular weight excluding hydrogens is 289 g/mol. The lowest BCUT2D eigenvalue weighted by atomic mass is 9.83. The highest BCUT2D eigenvalue weighted by molar-refractivity contribution is 7.99. The smallest absolute Gasteiger partial charge is 0.179 e. The van der Waals surface area contributed by atoms with Crippen LogP contribution in [0.4, 0.5) is 13.2 Å². The quantitative estimate of drug-likeness (QED) is 0.575. The van der Waals surface area contributed by atoms with E-state index in [9.17, 15) is 13.2 Å². The molecule has 5 heteroatoms. The molecule has 19 heavy (non-hydrogen) atoms. The normalized spacial score (nSPS) is 14.5. The van der Waals surface area contributed by atoms with Gasteiger partial charge < -0.3 is 0 Å². The van der Waals surface area contributed by atoms with Crippen molar-refractivity contribution in [3.05, 3.63) is 29.8 Å². The van der Waals surface area contributed by atoms with Crippen LogP contribution < -0.4 is 0 Å². The fraction of sp³-hybridized carbons (Fsp3) is 0.571. The molecule has 1 aromatic carbocycles. The largest absolute Gasteiger partial charge is 0.416 e. The first-order valence-corrected chi connectivity index (χ1v) is 7.67. The third kappa shape index (κ3) is 5.30. The molecule has 0 saturated heterocycles. The number of alkyl halides is 3. The van der Waals surface area contributed by atoms with Gasteiger partial charge in [0.15, 0.2) is 0 Å². The molecule has 1 aromatic rings. The summed E-state index contributed by atoms with van der Waals surface area (Å²) in [5.41, 5.74) is -0.480. The predicted octanol–water partition coefficient (Wildman–Crippen LogP) is 5.39. The summed E-state index contributed by atoms with van der Waals surface area (Å²) in [7, 11) is 0. The van der Waals surface area contributed by atoms with Crippen LogP contribution in [0.3, 0.4) is 0 Å². The van der Waals surface area contributed by atoms with E-state index in [2.05, 4.69) is 33.4 Å². The molecule has 0 bridgehead atoms. The molecule has 1 unspecified atom stereocenters. The van der Waals surface area contributed by atoms with E-state index in [0.29, 0.717) is 10.8 Å². The van der Waals surface area contributed by atoms with Gasteiger partial charge in [0.1, 0.15) is 0 Å². The molecule has 0 nitrogen and oxygen atoms in total. The Bertz CT molecular complexity index is 408. The molecule has 1 rings (SSSR count). The summed E-state index contributed by atoms with van der Waals surface area (Å²) in [6.45, 7) is 6.38. The van der Waals surface area contributed by atoms with Crippen LogP contribution in [0.1, 0.15) is 26.3 Å². The van der Waals surface area contributed by atoms with Crippen LogP contribution in [0.25, 0.3) is 0 Å². The molecule has 0 saturated carbocycles. The Hall–Kier alpha value is -0.290. The van der Waals surface area contributed by atoms with Gasteiger partial charge in [-0.15, -0.1) is 11.8 Å². The molecule has 0 N–H and O–H groups in total. The first kappa shape index (κ1) is 16.8. The molecule has 0 fully saturated rings. The third-order valence-corrected chi connectivity index (χ3v) is 4.65. The average Bonchev–Trinajstić information content (AvgIpc) is 2.27. The van der Waals surface area contributed by atoms with Crippen molar-refractivity contribution in [3.63, 3.8) is 0 Å². The Balaban J connectivity index is 2.73. The van der Waals surface area contributed by atoms with E-state index in [1.807, 2.05) is 0 Å². The van der Waals surface area contributed by atoms with Gasteiger partial charge in [-0.25, -0.2) is 0 Å². The lowest BCUT2D eigenvalue weighted by molar-refractivity contribution is -0.137. The second-order valence-electron chi connectivity index (χ2n) is 5.58. The molecule has 0 aliphatic heterocycles. The number of halogens is 3. The first-order chi connectivity index (χ1) is 8.64. The maximum atomic E-state index is 12.6. The summed E-state index contributed by atoms with van der Waals surface area (Å²) in [4.78, 5) is 0.658. The van der Waals surface area contributed by atoms with Crippen molar-refractivity contribution < 1.29 is 13.2 Å². The van der Waals surface area contributed by atoms with Crippen molar-refractivity contribution >= 4 is 24.4 Å². The number of thioether (sulfide) groups is 1. The van der Waals surface area contributed by atoms with Crippen LogP contribution in [0.15, 0.2) is 29.2 Å². The number of hydrogen-bond acceptors (Lipinski definition) is 2. The zero-order chi connectivity index (χ0) is 14.7. The SMILES string of the molecule is CC(C)(C)C(CS)CSc1cccc(C(F)(F)F)c1. The summed E-state index contributed by atoms with van der Waals surface area (Å²) < 4.78 is 37.8. The Morgan fingerprint density at radius 2 is 1.84 bits per heavy atom. The molecule has 0 amide bonds. The van der Waals surface area contributed by atoms with Crippen molar-refractivity contribution in [2.24, 2.45) is 11.3 Å². The van der Waals surface area contributed by atoms with E-state index in [1.54, 1.807) is 6.07 Å². The molecule has 0 aliphatic carbocycles. The number of benzene rings is 1. The summed E-state index contributed by atoms with van der Waals surface area (Å²) in [6, 6.07) is 5.49. The Morgan fingerprint density at radius 1 is 1.21 bits per heavy atom. The van der Waals surface area contributed by atoms with Crippen molar-refractivity contribution in [1.82, 2.24) is 0 Å². The highest BCUT2D eigenvalue weighted by atomic mass is 32.2. The van der Waals surface area contributed by atoms with Crippen LogP contribution >= 0.6 is 24.4 Å². The van der Waals surface area contributed by atoms with Crippen molar-refractivity contribution in [3.8, 4) is 0 Å². The van der Waals surface area contributed by atoms with Crippen molar-refractivity contribution in [2.45, 2.75) is 31.8 Å². The molecule has 0 spiro atoms. The van der Waals surface area contributed by atoms with Gasteiger partial charge in [-0.3, -0.25) is 0 Å². The van der Waals surface area contributed by atoms with Gasteiger partial charge in [-0.2, -0.15) is 25.8 Å². The minimum Gasteiger partial charge on any atom is -0.179 e. The number of thiol groups is 1. The zero-order valence-corrected chi connectivity index (χ0v) is 13.0. The fourth-order valence-electron chi connectivity index (χ4n) is 1.54. The second kappa shape index (κ2) is 6.44. The van der Waals surface area contributed by atoms with Crippen LogP contribution in [-0.2, 0) is 6.18 Å². The van der Waals surface area contributed by atoms with Gasteiger partial charge in [0.2, 0.25) is 0 Å². The standard InChI is InChI=1S/C14H19F3S2/c1-13(2,3)11(8-18)9-19-12-6-4-5-10(7-12)14(15,16)17/h4-7,11,18H,8-9H2,1-3H3. The van der Waals surface area contributed by atoms with Gasteiger partial charge in [0, 0.05) is 10.6 Å². The van der Waals surface area contributed by atoms with E-state index in [4.69, 9.17) is 0 Å². The monoisotopic (exact) mass is 308 g/mol. The highest BCUT2D eigenvalue weighted by Crippen LogP contribution is 2.35. The van der Waals surface area contributed by atoms with Crippen LogP contribution in [0.5, 0.6) is 0 Å². The van der Waals surface area contributed by atoms with Gasteiger partial charge in [0.25, 0.3) is 0 Å². The Morgan fingerprint density at radius 3 is 2.32 bits per heavy atom. The summed E-state index contributed by atoms with van der Waals surface area (Å²) >= 11 is 5.79. The molecule has 0 heterocycles. The van der Waals surface area contributed by atoms with E-state index >= 15 is 0 Å². The number of hydrogen-bond donors (Lipinski definition) is 1. The van der Waals surface area contributed by atoms with Gasteiger partial charge in [-0.05, 0) is 35.3 Å². The third-order valence-electron chi connectivity index (χ3n) is 3.06. The summed E-state index contributed by atoms with van der Waals surface area (Å²) in [6.07, 6.45) is -4.27. The lowest BCUT2D eigenvalue weighted by Gasteiger charge is -2.29. The van der Waals surface area contributed by atoms with Gasteiger partial charge in [-0.1, -0.05) is 26.8 Å².